The van der Waals surface area contributed by atoms with Crippen LogP contribution in [-0.2, 0) is 9.59 Å². The van der Waals surface area contributed by atoms with Gasteiger partial charge in [-0.05, 0) is 59.6 Å². The Hall–Kier alpha value is -2.26. The maximum Gasteiger partial charge on any atom is 0.277 e. The van der Waals surface area contributed by atoms with Crippen molar-refractivity contribution in [3.8, 4) is 5.75 Å². The van der Waals surface area contributed by atoms with Gasteiger partial charge in [-0.3, -0.25) is 9.59 Å². The zero-order valence-corrected chi connectivity index (χ0v) is 18.4. The molecular formula is C19H18Br2FN3O3. The number of hydrogen-bond donors (Lipinski definition) is 2. The summed E-state index contributed by atoms with van der Waals surface area (Å²) in [5, 5.41) is 6.31. The van der Waals surface area contributed by atoms with Gasteiger partial charge in [-0.15, -0.1) is 0 Å². The highest BCUT2D eigenvalue weighted by atomic mass is 79.9. The summed E-state index contributed by atoms with van der Waals surface area (Å²) in [6.07, 6.45) is -0.0904. The zero-order chi connectivity index (χ0) is 20.7. The monoisotopic (exact) mass is 513 g/mol. The Bertz CT molecular complexity index is 919. The topological polar surface area (TPSA) is 79.8 Å². The molecule has 2 amide bonds. The first-order chi connectivity index (χ1) is 13.3. The number of aryl methyl sites for hydroxylation is 1. The summed E-state index contributed by atoms with van der Waals surface area (Å²) in [6, 6.07) is 9.49. The average Bonchev–Trinajstić information content (AvgIpc) is 2.63. The minimum Gasteiger partial charge on any atom is -0.483 e. The van der Waals surface area contributed by atoms with Crippen molar-refractivity contribution < 1.29 is 18.7 Å². The Kier molecular flexibility index (Phi) is 8.13. The van der Waals surface area contributed by atoms with Gasteiger partial charge in [0.15, 0.2) is 6.61 Å². The number of nitrogens with zero attached hydrogens (tertiary/aromatic N) is 1. The summed E-state index contributed by atoms with van der Waals surface area (Å²) in [5.74, 6) is -0.904. The highest BCUT2D eigenvalue weighted by Gasteiger charge is 2.10. The number of ether oxygens (including phenoxy) is 1. The van der Waals surface area contributed by atoms with E-state index < -0.39 is 17.6 Å². The standard InChI is InChI=1S/C19H18Br2FN3O3/c1-11-7-17(14(21)9-13(11)20)28-10-19(27)25-24-12(2)8-18(26)23-16-6-4-3-5-15(16)22/h3-7,9H,8,10H2,1-2H3,(H,23,26)(H,25,27). The molecule has 0 bridgehead atoms. The Morgan fingerprint density at radius 2 is 1.86 bits per heavy atom. The van der Waals surface area contributed by atoms with Gasteiger partial charge in [0.25, 0.3) is 5.91 Å². The van der Waals surface area contributed by atoms with Gasteiger partial charge >= 0.3 is 0 Å². The van der Waals surface area contributed by atoms with Crippen molar-refractivity contribution in [1.82, 2.24) is 5.43 Å². The average molecular weight is 515 g/mol. The van der Waals surface area contributed by atoms with Crippen molar-refractivity contribution in [1.29, 1.82) is 0 Å². The van der Waals surface area contributed by atoms with Gasteiger partial charge in [0.1, 0.15) is 11.6 Å². The second-order valence-corrected chi connectivity index (χ2v) is 7.62. The molecule has 0 aliphatic carbocycles. The molecule has 2 N–H and O–H groups in total. The molecule has 9 heteroatoms. The molecule has 2 aromatic rings. The summed E-state index contributed by atoms with van der Waals surface area (Å²) >= 11 is 6.78. The molecule has 0 radical (unpaired) electrons. The van der Waals surface area contributed by atoms with Crippen molar-refractivity contribution >= 4 is 55.1 Å². The number of para-hydroxylation sites is 1. The van der Waals surface area contributed by atoms with Crippen molar-refractivity contribution in [2.24, 2.45) is 5.10 Å². The molecule has 0 saturated carbocycles. The molecule has 28 heavy (non-hydrogen) atoms. The van der Waals surface area contributed by atoms with Gasteiger partial charge in [0.05, 0.1) is 16.6 Å². The lowest BCUT2D eigenvalue weighted by molar-refractivity contribution is -0.123. The minimum atomic E-state index is -0.523. The van der Waals surface area contributed by atoms with Crippen LogP contribution in [0.3, 0.4) is 0 Å². The van der Waals surface area contributed by atoms with E-state index in [1.807, 2.05) is 13.0 Å². The van der Waals surface area contributed by atoms with E-state index in [2.05, 4.69) is 47.7 Å². The second kappa shape index (κ2) is 10.3. The molecule has 0 heterocycles. The van der Waals surface area contributed by atoms with Crippen LogP contribution in [-0.4, -0.2) is 24.1 Å². The van der Waals surface area contributed by atoms with Crippen molar-refractivity contribution in [2.75, 3.05) is 11.9 Å². The fraction of sp³-hybridized carbons (Fsp3) is 0.211. The molecule has 0 fully saturated rings. The van der Waals surface area contributed by atoms with Gasteiger partial charge in [-0.25, -0.2) is 9.82 Å². The van der Waals surface area contributed by atoms with E-state index in [-0.39, 0.29) is 18.7 Å². The number of anilines is 1. The van der Waals surface area contributed by atoms with Crippen LogP contribution in [0, 0.1) is 12.7 Å². The lowest BCUT2D eigenvalue weighted by Crippen LogP contribution is -2.26. The third-order valence-corrected chi connectivity index (χ3v) is 4.98. The lowest BCUT2D eigenvalue weighted by atomic mass is 10.2. The fourth-order valence-corrected chi connectivity index (χ4v) is 3.21. The summed E-state index contributed by atoms with van der Waals surface area (Å²) in [6.45, 7) is 3.25. The van der Waals surface area contributed by atoms with Crippen LogP contribution < -0.4 is 15.5 Å². The second-order valence-electron chi connectivity index (χ2n) is 5.91. The molecule has 0 aliphatic rings. The molecular weight excluding hydrogens is 497 g/mol. The van der Waals surface area contributed by atoms with Gasteiger partial charge in [0.2, 0.25) is 5.91 Å². The third kappa shape index (κ3) is 6.72. The fourth-order valence-electron chi connectivity index (χ4n) is 2.10. The van der Waals surface area contributed by atoms with Crippen molar-refractivity contribution in [3.63, 3.8) is 0 Å². The number of benzene rings is 2. The zero-order valence-electron chi connectivity index (χ0n) is 15.2. The molecule has 0 aromatic heterocycles. The SMILES string of the molecule is CC(CC(=O)Nc1ccccc1F)=NNC(=O)COc1cc(C)c(Br)cc1Br. The summed E-state index contributed by atoms with van der Waals surface area (Å²) in [7, 11) is 0. The van der Waals surface area contributed by atoms with E-state index in [4.69, 9.17) is 4.74 Å². The highest BCUT2D eigenvalue weighted by molar-refractivity contribution is 9.11. The van der Waals surface area contributed by atoms with E-state index in [1.165, 1.54) is 18.2 Å². The minimum absolute atomic E-state index is 0.0904. The van der Waals surface area contributed by atoms with Crippen LogP contribution in [0.15, 0.2) is 50.4 Å². The summed E-state index contributed by atoms with van der Waals surface area (Å²) in [4.78, 5) is 23.8. The Morgan fingerprint density at radius 3 is 2.57 bits per heavy atom. The quantitative estimate of drug-likeness (QED) is 0.420. The number of hydrazone groups is 1. The maximum absolute atomic E-state index is 13.5. The van der Waals surface area contributed by atoms with Crippen LogP contribution in [0.25, 0.3) is 0 Å². The van der Waals surface area contributed by atoms with Crippen LogP contribution in [0.2, 0.25) is 0 Å². The number of halogens is 3. The molecule has 2 aromatic carbocycles. The molecule has 6 nitrogen and oxygen atoms in total. The molecule has 0 saturated heterocycles. The largest absolute Gasteiger partial charge is 0.483 e. The number of carbonyl (C=O) groups is 2. The third-order valence-electron chi connectivity index (χ3n) is 3.51. The smallest absolute Gasteiger partial charge is 0.277 e. The lowest BCUT2D eigenvalue weighted by Gasteiger charge is -2.10. The summed E-state index contributed by atoms with van der Waals surface area (Å²) < 4.78 is 20.6. The van der Waals surface area contributed by atoms with Crippen LogP contribution in [0.4, 0.5) is 10.1 Å². The van der Waals surface area contributed by atoms with E-state index in [9.17, 15) is 14.0 Å². The van der Waals surface area contributed by atoms with Crippen molar-refractivity contribution in [3.05, 3.63) is 56.7 Å². The number of carbonyl (C=O) groups excluding carboxylic acids is 2. The van der Waals surface area contributed by atoms with E-state index >= 15 is 0 Å². The normalized spacial score (nSPS) is 11.1. The first-order valence-corrected chi connectivity index (χ1v) is 9.79. The number of nitrogens with one attached hydrogen (secondary N) is 2. The molecule has 148 valence electrons. The molecule has 0 atom stereocenters. The van der Waals surface area contributed by atoms with Crippen LogP contribution in [0.1, 0.15) is 18.9 Å². The maximum atomic E-state index is 13.5. The molecule has 0 spiro atoms. The van der Waals surface area contributed by atoms with Crippen LogP contribution in [0.5, 0.6) is 5.75 Å². The first kappa shape index (κ1) is 22.0. The Balaban J connectivity index is 1.82. The Labute approximate surface area is 178 Å². The molecule has 0 aliphatic heterocycles. The summed E-state index contributed by atoms with van der Waals surface area (Å²) in [5.41, 5.74) is 3.74. The van der Waals surface area contributed by atoms with Crippen molar-refractivity contribution in [2.45, 2.75) is 20.3 Å². The van der Waals surface area contributed by atoms with Crippen LogP contribution >= 0.6 is 31.9 Å². The van der Waals surface area contributed by atoms with E-state index in [0.29, 0.717) is 15.9 Å². The molecule has 0 unspecified atom stereocenters. The van der Waals surface area contributed by atoms with E-state index in [1.54, 1.807) is 19.1 Å². The van der Waals surface area contributed by atoms with Gasteiger partial charge in [-0.1, -0.05) is 28.1 Å². The number of amides is 2. The molecule has 2 rings (SSSR count). The van der Waals surface area contributed by atoms with Gasteiger partial charge < -0.3 is 10.1 Å². The van der Waals surface area contributed by atoms with Gasteiger partial charge in [0, 0.05) is 10.2 Å². The van der Waals surface area contributed by atoms with Gasteiger partial charge in [-0.2, -0.15) is 5.10 Å². The number of rotatable bonds is 7. The van der Waals surface area contributed by atoms with E-state index in [0.717, 1.165) is 10.0 Å². The predicted molar refractivity (Wildman–Crippen MR) is 113 cm³/mol. The predicted octanol–water partition coefficient (Wildman–Crippen LogP) is 4.56. The number of hydrogen-bond acceptors (Lipinski definition) is 4. The first-order valence-electron chi connectivity index (χ1n) is 8.21. The highest BCUT2D eigenvalue weighted by Crippen LogP contribution is 2.31. The Morgan fingerprint density at radius 1 is 1.14 bits per heavy atom.